The maximum Gasteiger partial charge on any atom is 0.242 e. The van der Waals surface area contributed by atoms with E-state index in [1.165, 1.54) is 20.2 Å². The van der Waals surface area contributed by atoms with Crippen LogP contribution in [0.1, 0.15) is 18.4 Å². The van der Waals surface area contributed by atoms with E-state index in [9.17, 15) is 26.0 Å². The summed E-state index contributed by atoms with van der Waals surface area (Å²) in [6.45, 7) is 1.68. The van der Waals surface area contributed by atoms with E-state index in [-0.39, 0.29) is 35.1 Å². The molecule has 0 fully saturated rings. The first-order valence-electron chi connectivity index (χ1n) is 9.02. The molecule has 0 saturated carbocycles. The van der Waals surface area contributed by atoms with Gasteiger partial charge in [0.25, 0.3) is 0 Å². The predicted molar refractivity (Wildman–Crippen MR) is 112 cm³/mol. The molecule has 2 N–H and O–H groups in total. The average Bonchev–Trinajstić information content (AvgIpc) is 2.67. The van der Waals surface area contributed by atoms with Crippen LogP contribution in [0.2, 0.25) is 0 Å². The third kappa shape index (κ3) is 6.08. The van der Waals surface area contributed by atoms with Gasteiger partial charge in [-0.15, -0.1) is 0 Å². The Morgan fingerprint density at radius 2 is 1.67 bits per heavy atom. The van der Waals surface area contributed by atoms with Crippen LogP contribution in [-0.2, 0) is 24.8 Å². The third-order valence-electron chi connectivity index (χ3n) is 4.23. The van der Waals surface area contributed by atoms with Crippen molar-refractivity contribution in [2.24, 2.45) is 0 Å². The first-order chi connectivity index (χ1) is 13.9. The highest BCUT2D eigenvalue weighted by Crippen LogP contribution is 2.22. The first-order valence-corrected chi connectivity index (χ1v) is 11.9. The van der Waals surface area contributed by atoms with Crippen molar-refractivity contribution < 1.29 is 26.0 Å². The van der Waals surface area contributed by atoms with Gasteiger partial charge in [0.05, 0.1) is 9.79 Å². The Bertz CT molecular complexity index is 1120. The van der Waals surface area contributed by atoms with E-state index in [1.54, 1.807) is 19.1 Å². The van der Waals surface area contributed by atoms with Gasteiger partial charge in [0.2, 0.25) is 26.0 Å². The zero-order valence-electron chi connectivity index (χ0n) is 16.8. The van der Waals surface area contributed by atoms with Gasteiger partial charge in [0.15, 0.2) is 0 Å². The van der Waals surface area contributed by atoms with Crippen molar-refractivity contribution in [3.05, 3.63) is 53.8 Å². The highest BCUT2D eigenvalue weighted by molar-refractivity contribution is 7.89. The van der Waals surface area contributed by atoms with Crippen LogP contribution in [0.5, 0.6) is 0 Å². The molecule has 0 spiro atoms. The van der Waals surface area contributed by atoms with Gasteiger partial charge in [-0.2, -0.15) is 0 Å². The second-order valence-electron chi connectivity index (χ2n) is 6.77. The van der Waals surface area contributed by atoms with E-state index in [0.29, 0.717) is 11.3 Å². The minimum Gasteiger partial charge on any atom is -0.326 e. The lowest BCUT2D eigenvalue weighted by Gasteiger charge is -2.15. The summed E-state index contributed by atoms with van der Waals surface area (Å²) in [6.07, 6.45) is 0.247. The molecule has 0 saturated heterocycles. The van der Waals surface area contributed by atoms with Crippen LogP contribution in [-0.4, -0.2) is 47.7 Å². The minimum absolute atomic E-state index is 0.0152. The van der Waals surface area contributed by atoms with Crippen LogP contribution < -0.4 is 10.0 Å². The topological polar surface area (TPSA) is 113 Å². The van der Waals surface area contributed by atoms with Gasteiger partial charge >= 0.3 is 0 Å². The monoisotopic (exact) mass is 457 g/mol. The summed E-state index contributed by atoms with van der Waals surface area (Å²) in [6, 6.07) is 8.99. The Balaban J connectivity index is 1.92. The highest BCUT2D eigenvalue weighted by Gasteiger charge is 2.20. The molecule has 0 aliphatic carbocycles. The molecule has 0 unspecified atom stereocenters. The summed E-state index contributed by atoms with van der Waals surface area (Å²) in [5, 5.41) is 2.62. The second kappa shape index (κ2) is 9.65. The molecule has 0 atom stereocenters. The van der Waals surface area contributed by atoms with E-state index in [1.807, 2.05) is 0 Å². The molecule has 2 aromatic rings. The summed E-state index contributed by atoms with van der Waals surface area (Å²) < 4.78 is 65.3. The largest absolute Gasteiger partial charge is 0.326 e. The van der Waals surface area contributed by atoms with E-state index in [0.717, 1.165) is 28.6 Å². The smallest absolute Gasteiger partial charge is 0.242 e. The number of rotatable bonds is 9. The van der Waals surface area contributed by atoms with Crippen LogP contribution in [0, 0.1) is 12.7 Å². The number of hydrogen-bond donors (Lipinski definition) is 2. The van der Waals surface area contributed by atoms with Crippen molar-refractivity contribution in [3.63, 3.8) is 0 Å². The Morgan fingerprint density at radius 1 is 1.03 bits per heavy atom. The first kappa shape index (κ1) is 23.9. The summed E-state index contributed by atoms with van der Waals surface area (Å²) in [5.74, 6) is -0.920. The van der Waals surface area contributed by atoms with Crippen LogP contribution in [0.3, 0.4) is 0 Å². The molecule has 30 heavy (non-hydrogen) atoms. The highest BCUT2D eigenvalue weighted by atomic mass is 32.2. The van der Waals surface area contributed by atoms with E-state index < -0.39 is 25.9 Å². The molecule has 1 amide bonds. The summed E-state index contributed by atoms with van der Waals surface area (Å²) in [4.78, 5) is 12.2. The van der Waals surface area contributed by atoms with Gasteiger partial charge in [-0.1, -0.05) is 6.07 Å². The average molecular weight is 458 g/mol. The predicted octanol–water partition coefficient (Wildman–Crippen LogP) is 2.08. The number of hydrogen-bond acceptors (Lipinski definition) is 5. The van der Waals surface area contributed by atoms with Gasteiger partial charge < -0.3 is 5.32 Å². The Morgan fingerprint density at radius 3 is 2.27 bits per heavy atom. The van der Waals surface area contributed by atoms with Crippen molar-refractivity contribution in [1.29, 1.82) is 0 Å². The van der Waals surface area contributed by atoms with Crippen molar-refractivity contribution in [2.45, 2.75) is 29.6 Å². The van der Waals surface area contributed by atoms with Crippen LogP contribution in [0.25, 0.3) is 0 Å². The maximum atomic E-state index is 12.9. The van der Waals surface area contributed by atoms with Crippen LogP contribution in [0.4, 0.5) is 10.1 Å². The van der Waals surface area contributed by atoms with Crippen LogP contribution in [0.15, 0.2) is 52.3 Å². The van der Waals surface area contributed by atoms with Crippen molar-refractivity contribution in [2.75, 3.05) is 26.0 Å². The van der Waals surface area contributed by atoms with Gasteiger partial charge in [-0.05, 0) is 55.3 Å². The molecule has 0 aliphatic heterocycles. The second-order valence-corrected chi connectivity index (χ2v) is 10.7. The minimum atomic E-state index is -3.79. The quantitative estimate of drug-likeness (QED) is 0.560. The normalized spacial score (nSPS) is 12.2. The van der Waals surface area contributed by atoms with Crippen molar-refractivity contribution >= 4 is 31.6 Å². The molecule has 0 aromatic heterocycles. The van der Waals surface area contributed by atoms with Gasteiger partial charge in [0, 0.05) is 32.7 Å². The Hall–Kier alpha value is -2.34. The maximum absolute atomic E-state index is 12.9. The molecule has 0 heterocycles. The third-order valence-corrected chi connectivity index (χ3v) is 7.66. The van der Waals surface area contributed by atoms with Gasteiger partial charge in [-0.25, -0.2) is 30.3 Å². The molecule has 2 rings (SSSR count). The van der Waals surface area contributed by atoms with Crippen LogP contribution >= 0.6 is 0 Å². The Labute approximate surface area is 176 Å². The zero-order chi connectivity index (χ0) is 22.5. The molecule has 2 aromatic carbocycles. The molecule has 11 heteroatoms. The Kier molecular flexibility index (Phi) is 7.70. The lowest BCUT2D eigenvalue weighted by Crippen LogP contribution is -2.26. The summed E-state index contributed by atoms with van der Waals surface area (Å²) >= 11 is 0. The van der Waals surface area contributed by atoms with E-state index in [2.05, 4.69) is 10.0 Å². The summed E-state index contributed by atoms with van der Waals surface area (Å²) in [5.41, 5.74) is 0.884. The lowest BCUT2D eigenvalue weighted by atomic mass is 10.2. The number of anilines is 1. The van der Waals surface area contributed by atoms with Crippen molar-refractivity contribution in [1.82, 2.24) is 9.03 Å². The number of sulfonamides is 2. The lowest BCUT2D eigenvalue weighted by molar-refractivity contribution is -0.116. The molecule has 8 nitrogen and oxygen atoms in total. The fraction of sp³-hybridized carbons (Fsp3) is 0.316. The van der Waals surface area contributed by atoms with Crippen molar-refractivity contribution in [3.8, 4) is 0 Å². The number of nitrogens with one attached hydrogen (secondary N) is 2. The zero-order valence-corrected chi connectivity index (χ0v) is 18.5. The number of carbonyl (C=O) groups excluding carboxylic acids is 1. The number of aryl methyl sites for hydroxylation is 1. The number of amides is 1. The van der Waals surface area contributed by atoms with Gasteiger partial charge in [0.1, 0.15) is 5.82 Å². The SMILES string of the molecule is Cc1ccc(NC(=O)CCCNS(=O)(=O)c2ccc(F)cc2)cc1S(=O)(=O)N(C)C. The number of benzene rings is 2. The summed E-state index contributed by atoms with van der Waals surface area (Å²) in [7, 11) is -4.59. The molecule has 164 valence electrons. The molecule has 0 radical (unpaired) electrons. The standard InChI is InChI=1S/C19H24FN3O5S2/c1-14-6-9-16(13-18(14)30(27,28)23(2)3)22-19(24)5-4-12-21-29(25,26)17-10-7-15(20)8-11-17/h6-11,13,21H,4-5,12H2,1-3H3,(H,22,24). The molecular formula is C19H24FN3O5S2. The molecule has 0 bridgehead atoms. The fourth-order valence-corrected chi connectivity index (χ4v) is 4.75. The molecular weight excluding hydrogens is 433 g/mol. The van der Waals surface area contributed by atoms with Gasteiger partial charge in [-0.3, -0.25) is 4.79 Å². The molecule has 0 aliphatic rings. The van der Waals surface area contributed by atoms with E-state index in [4.69, 9.17) is 0 Å². The fourth-order valence-electron chi connectivity index (χ4n) is 2.53. The number of nitrogens with zero attached hydrogens (tertiary/aromatic N) is 1. The number of carbonyl (C=O) groups is 1. The van der Waals surface area contributed by atoms with E-state index >= 15 is 0 Å². The number of halogens is 1.